The van der Waals surface area contributed by atoms with Gasteiger partial charge in [-0.3, -0.25) is 0 Å². The molecule has 0 aliphatic heterocycles. The Hall–Kier alpha value is -4.54. The van der Waals surface area contributed by atoms with E-state index in [9.17, 15) is 0 Å². The van der Waals surface area contributed by atoms with E-state index in [1.54, 1.807) is 0 Å². The van der Waals surface area contributed by atoms with Gasteiger partial charge in [0.2, 0.25) is 0 Å². The second-order valence-corrected chi connectivity index (χ2v) is 12.3. The maximum atomic E-state index is 6.43. The summed E-state index contributed by atoms with van der Waals surface area (Å²) in [6.07, 6.45) is 7.98. The fourth-order valence-electron chi connectivity index (χ4n) is 6.36. The summed E-state index contributed by atoms with van der Waals surface area (Å²) in [7, 11) is 0. The van der Waals surface area contributed by atoms with Crippen LogP contribution in [0.1, 0.15) is 57.9 Å². The Balaban J connectivity index is 1.09. The van der Waals surface area contributed by atoms with Crippen molar-refractivity contribution in [2.45, 2.75) is 58.8 Å². The van der Waals surface area contributed by atoms with Crippen molar-refractivity contribution in [1.82, 2.24) is 0 Å². The van der Waals surface area contributed by atoms with Crippen molar-refractivity contribution in [1.29, 1.82) is 0 Å². The molecule has 0 N–H and O–H groups in total. The number of benzene rings is 5. The highest BCUT2D eigenvalue weighted by Crippen LogP contribution is 2.39. The number of rotatable bonds is 14. The predicted octanol–water partition coefficient (Wildman–Crippen LogP) is 12.1. The van der Waals surface area contributed by atoms with Crippen molar-refractivity contribution in [2.75, 3.05) is 19.8 Å². The zero-order valence-electron chi connectivity index (χ0n) is 26.9. The first-order valence-corrected chi connectivity index (χ1v) is 16.9. The standard InChI is InChI=1S/C42H42O4/c1-3-5-6-7-24-44-34-18-14-31(15-19-34)33-17-21-36-38-28-41-37(27-42(38)46-40(36)26-33)35-20-16-32(25-39(35)45-41)30-12-10-29(11-13-30)9-8-23-43-22-4-2/h10-21,25-28H,3-9,22-24H2,1-2H3. The number of hydrogen-bond acceptors (Lipinski definition) is 4. The fraction of sp³-hybridized carbons (Fsp3) is 0.286. The Bertz CT molecular complexity index is 1910. The topological polar surface area (TPSA) is 44.7 Å². The summed E-state index contributed by atoms with van der Waals surface area (Å²) in [6, 6.07) is 34.4. The van der Waals surface area contributed by atoms with Crippen LogP contribution < -0.4 is 4.74 Å². The van der Waals surface area contributed by atoms with Crippen molar-refractivity contribution in [3.05, 3.63) is 103 Å². The van der Waals surface area contributed by atoms with Gasteiger partial charge in [-0.25, -0.2) is 0 Å². The first-order valence-electron chi connectivity index (χ1n) is 16.9. The molecule has 0 saturated heterocycles. The molecule has 2 aromatic heterocycles. The first-order chi connectivity index (χ1) is 22.7. The van der Waals surface area contributed by atoms with Crippen molar-refractivity contribution < 1.29 is 18.3 Å². The molecule has 234 valence electrons. The normalized spacial score (nSPS) is 11.8. The van der Waals surface area contributed by atoms with Gasteiger partial charge >= 0.3 is 0 Å². The summed E-state index contributed by atoms with van der Waals surface area (Å²) >= 11 is 0. The van der Waals surface area contributed by atoms with Gasteiger partial charge in [0.15, 0.2) is 0 Å². The lowest BCUT2D eigenvalue weighted by Crippen LogP contribution is -1.97. The Morgan fingerprint density at radius 3 is 1.61 bits per heavy atom. The van der Waals surface area contributed by atoms with Crippen molar-refractivity contribution in [3.63, 3.8) is 0 Å². The molecule has 0 atom stereocenters. The maximum absolute atomic E-state index is 6.43. The van der Waals surface area contributed by atoms with E-state index in [1.165, 1.54) is 30.4 Å². The predicted molar refractivity (Wildman–Crippen MR) is 191 cm³/mol. The molecule has 5 aromatic carbocycles. The fourth-order valence-corrected chi connectivity index (χ4v) is 6.36. The van der Waals surface area contributed by atoms with Gasteiger partial charge in [-0.1, -0.05) is 81.6 Å². The Morgan fingerprint density at radius 2 is 1.02 bits per heavy atom. The summed E-state index contributed by atoms with van der Waals surface area (Å²) in [4.78, 5) is 0. The van der Waals surface area contributed by atoms with Crippen LogP contribution in [0.4, 0.5) is 0 Å². The quantitative estimate of drug-likeness (QED) is 0.115. The molecule has 0 radical (unpaired) electrons. The summed E-state index contributed by atoms with van der Waals surface area (Å²) in [5.41, 5.74) is 9.45. The summed E-state index contributed by atoms with van der Waals surface area (Å²) in [5.74, 6) is 0.921. The number of furan rings is 2. The Kier molecular flexibility index (Phi) is 9.07. The van der Waals surface area contributed by atoms with Gasteiger partial charge in [0, 0.05) is 34.8 Å². The second-order valence-electron chi connectivity index (χ2n) is 12.3. The van der Waals surface area contributed by atoms with Gasteiger partial charge in [0.1, 0.15) is 28.1 Å². The first kappa shape index (κ1) is 30.1. The highest BCUT2D eigenvalue weighted by atomic mass is 16.5. The number of ether oxygens (including phenoxy) is 2. The van der Waals surface area contributed by atoms with E-state index in [0.717, 1.165) is 112 Å². The van der Waals surface area contributed by atoms with Gasteiger partial charge in [0.05, 0.1) is 6.61 Å². The van der Waals surface area contributed by atoms with Crippen LogP contribution in [0, 0.1) is 0 Å². The molecule has 0 spiro atoms. The van der Waals surface area contributed by atoms with E-state index >= 15 is 0 Å². The number of hydrogen-bond donors (Lipinski definition) is 0. The smallest absolute Gasteiger partial charge is 0.136 e. The molecule has 0 aliphatic rings. The molecule has 4 heteroatoms. The molecule has 0 aliphatic carbocycles. The van der Waals surface area contributed by atoms with Gasteiger partial charge in [-0.05, 0) is 102 Å². The van der Waals surface area contributed by atoms with Crippen molar-refractivity contribution in [3.8, 4) is 28.0 Å². The van der Waals surface area contributed by atoms with Crippen LogP contribution in [-0.2, 0) is 11.2 Å². The lowest BCUT2D eigenvalue weighted by Gasteiger charge is -2.07. The lowest BCUT2D eigenvalue weighted by molar-refractivity contribution is 0.132. The highest BCUT2D eigenvalue weighted by Gasteiger charge is 2.15. The van der Waals surface area contributed by atoms with E-state index in [-0.39, 0.29) is 0 Å². The molecule has 4 nitrogen and oxygen atoms in total. The maximum Gasteiger partial charge on any atom is 0.136 e. The van der Waals surface area contributed by atoms with Crippen molar-refractivity contribution >= 4 is 43.9 Å². The molecular weight excluding hydrogens is 568 g/mol. The van der Waals surface area contributed by atoms with E-state index in [4.69, 9.17) is 18.3 Å². The molecule has 7 rings (SSSR count). The minimum absolute atomic E-state index is 0.771. The third kappa shape index (κ3) is 6.41. The Morgan fingerprint density at radius 1 is 0.457 bits per heavy atom. The molecule has 0 amide bonds. The van der Waals surface area contributed by atoms with E-state index in [1.807, 2.05) is 0 Å². The number of aryl methyl sites for hydroxylation is 1. The zero-order chi connectivity index (χ0) is 31.3. The minimum atomic E-state index is 0.771. The van der Waals surface area contributed by atoms with E-state index in [0.29, 0.717) is 0 Å². The van der Waals surface area contributed by atoms with E-state index in [2.05, 4.69) is 111 Å². The van der Waals surface area contributed by atoms with Gasteiger partial charge in [0.25, 0.3) is 0 Å². The zero-order valence-corrected chi connectivity index (χ0v) is 26.9. The molecular formula is C42H42O4. The highest BCUT2D eigenvalue weighted by molar-refractivity contribution is 6.15. The van der Waals surface area contributed by atoms with Crippen LogP contribution >= 0.6 is 0 Å². The summed E-state index contributed by atoms with van der Waals surface area (Å²) in [5, 5.41) is 4.32. The van der Waals surface area contributed by atoms with Crippen LogP contribution in [0.15, 0.2) is 106 Å². The SMILES string of the molecule is CCCCCCOc1ccc(-c2ccc3c(c2)oc2cc4c(cc23)oc2cc(-c3ccc(CCCOCCC)cc3)ccc24)cc1. The van der Waals surface area contributed by atoms with Gasteiger partial charge < -0.3 is 18.3 Å². The molecule has 7 aromatic rings. The average molecular weight is 611 g/mol. The van der Waals surface area contributed by atoms with Crippen LogP contribution in [0.2, 0.25) is 0 Å². The summed E-state index contributed by atoms with van der Waals surface area (Å²) in [6.45, 7) is 6.81. The van der Waals surface area contributed by atoms with Crippen LogP contribution in [-0.4, -0.2) is 19.8 Å². The molecule has 0 fully saturated rings. The average Bonchev–Trinajstić information content (AvgIpc) is 3.63. The van der Waals surface area contributed by atoms with Crippen LogP contribution in [0.5, 0.6) is 5.75 Å². The van der Waals surface area contributed by atoms with Crippen molar-refractivity contribution in [2.24, 2.45) is 0 Å². The monoisotopic (exact) mass is 610 g/mol. The minimum Gasteiger partial charge on any atom is -0.494 e. The second kappa shape index (κ2) is 13.8. The summed E-state index contributed by atoms with van der Waals surface area (Å²) < 4.78 is 24.4. The number of unbranched alkanes of at least 4 members (excludes halogenated alkanes) is 3. The molecule has 0 bridgehead atoms. The third-order valence-electron chi connectivity index (χ3n) is 8.91. The lowest BCUT2D eigenvalue weighted by atomic mass is 10.0. The molecule has 0 unspecified atom stereocenters. The molecule has 2 heterocycles. The molecule has 46 heavy (non-hydrogen) atoms. The van der Waals surface area contributed by atoms with E-state index < -0.39 is 0 Å². The van der Waals surface area contributed by atoms with Gasteiger partial charge in [-0.15, -0.1) is 0 Å². The third-order valence-corrected chi connectivity index (χ3v) is 8.91. The largest absolute Gasteiger partial charge is 0.494 e. The van der Waals surface area contributed by atoms with Crippen LogP contribution in [0.25, 0.3) is 66.1 Å². The Labute approximate surface area is 270 Å². The molecule has 0 saturated carbocycles. The van der Waals surface area contributed by atoms with Gasteiger partial charge in [-0.2, -0.15) is 0 Å². The number of fused-ring (bicyclic) bond motifs is 6. The van der Waals surface area contributed by atoms with Crippen LogP contribution in [0.3, 0.4) is 0 Å².